The maximum absolute atomic E-state index is 13.6. The summed E-state index contributed by atoms with van der Waals surface area (Å²) in [6, 6.07) is 8.21. The van der Waals surface area contributed by atoms with Crippen LogP contribution in [0.5, 0.6) is 0 Å². The number of carbonyl (C=O) groups is 3. The smallest absolute Gasteiger partial charge is 0.457 e. The van der Waals surface area contributed by atoms with Crippen molar-refractivity contribution in [2.24, 2.45) is 11.0 Å². The molecular formula is C29H44BN5O7. The van der Waals surface area contributed by atoms with Gasteiger partial charge in [0.05, 0.1) is 11.2 Å². The number of hydrogen-bond donors (Lipinski definition) is 1. The molecule has 2 aliphatic rings. The Morgan fingerprint density at radius 2 is 1.79 bits per heavy atom. The van der Waals surface area contributed by atoms with Gasteiger partial charge in [0.1, 0.15) is 18.2 Å². The molecule has 1 aromatic rings. The van der Waals surface area contributed by atoms with Crippen molar-refractivity contribution in [2.75, 3.05) is 13.1 Å². The fourth-order valence-corrected chi connectivity index (χ4v) is 5.14. The summed E-state index contributed by atoms with van der Waals surface area (Å²) in [5, 5.41) is 6.51. The summed E-state index contributed by atoms with van der Waals surface area (Å²) in [6.07, 6.45) is 0.489. The van der Waals surface area contributed by atoms with Gasteiger partial charge < -0.3 is 29.0 Å². The van der Waals surface area contributed by atoms with Gasteiger partial charge in [0.2, 0.25) is 5.91 Å². The van der Waals surface area contributed by atoms with E-state index in [-0.39, 0.29) is 32.0 Å². The van der Waals surface area contributed by atoms with Gasteiger partial charge in [-0.1, -0.05) is 41.9 Å². The summed E-state index contributed by atoms with van der Waals surface area (Å²) < 4.78 is 23.2. The minimum absolute atomic E-state index is 0.00843. The van der Waals surface area contributed by atoms with Gasteiger partial charge in [-0.25, -0.2) is 4.79 Å². The van der Waals surface area contributed by atoms with Gasteiger partial charge in [-0.3, -0.25) is 9.59 Å². The molecule has 2 heterocycles. The highest BCUT2D eigenvalue weighted by Crippen LogP contribution is 2.40. The Morgan fingerprint density at radius 1 is 1.17 bits per heavy atom. The normalized spacial score (nSPS) is 23.9. The fourth-order valence-electron chi connectivity index (χ4n) is 5.14. The van der Waals surface area contributed by atoms with Crippen molar-refractivity contribution in [2.45, 2.75) is 110 Å². The van der Waals surface area contributed by atoms with Crippen LogP contribution in [0.3, 0.4) is 0 Å². The number of esters is 1. The minimum atomic E-state index is -1.65. The summed E-state index contributed by atoms with van der Waals surface area (Å²) in [7, 11) is -0.465. The molecule has 0 aliphatic carbocycles. The number of benzene rings is 1. The number of nitrogens with zero attached hydrogens (tertiary/aromatic N) is 4. The number of ether oxygens (including phenoxy) is 2. The molecule has 2 fully saturated rings. The first-order valence-electron chi connectivity index (χ1n) is 14.4. The molecule has 230 valence electrons. The van der Waals surface area contributed by atoms with E-state index in [1.54, 1.807) is 27.7 Å². The molecule has 2 saturated heterocycles. The number of alkyl carbamates (subject to hydrolysis) is 1. The lowest BCUT2D eigenvalue weighted by Crippen LogP contribution is -2.60. The third-order valence-electron chi connectivity index (χ3n) is 7.91. The summed E-state index contributed by atoms with van der Waals surface area (Å²) in [5.41, 5.74) is 6.91. The zero-order valence-electron chi connectivity index (χ0n) is 26.0. The second kappa shape index (κ2) is 12.9. The molecule has 2 aliphatic heterocycles. The van der Waals surface area contributed by atoms with Crippen LogP contribution < -0.4 is 5.32 Å². The molecule has 0 spiro atoms. The van der Waals surface area contributed by atoms with Crippen LogP contribution >= 0.6 is 0 Å². The van der Waals surface area contributed by atoms with Crippen LogP contribution in [0.25, 0.3) is 10.4 Å². The van der Waals surface area contributed by atoms with Crippen LogP contribution in [0.2, 0.25) is 6.32 Å². The first-order chi connectivity index (χ1) is 19.5. The van der Waals surface area contributed by atoms with Crippen molar-refractivity contribution in [3.8, 4) is 0 Å². The molecule has 0 aromatic heterocycles. The van der Waals surface area contributed by atoms with E-state index in [4.69, 9.17) is 18.8 Å². The molecule has 1 aromatic carbocycles. The van der Waals surface area contributed by atoms with Gasteiger partial charge >= 0.3 is 19.2 Å². The van der Waals surface area contributed by atoms with E-state index in [0.29, 0.717) is 12.7 Å². The van der Waals surface area contributed by atoms with E-state index < -0.39 is 53.5 Å². The highest BCUT2D eigenvalue weighted by Gasteiger charge is 2.52. The zero-order valence-corrected chi connectivity index (χ0v) is 26.0. The number of piperidine rings is 1. The molecule has 12 nitrogen and oxygen atoms in total. The molecule has 2 amide bonds. The van der Waals surface area contributed by atoms with Crippen molar-refractivity contribution in [3.63, 3.8) is 0 Å². The molecule has 42 heavy (non-hydrogen) atoms. The monoisotopic (exact) mass is 585 g/mol. The Balaban J connectivity index is 1.81. The molecule has 3 rings (SSSR count). The Hall–Kier alpha value is -3.28. The molecule has 0 saturated carbocycles. The summed E-state index contributed by atoms with van der Waals surface area (Å²) in [4.78, 5) is 44.0. The Kier molecular flexibility index (Phi) is 10.2. The Labute approximate surface area is 248 Å². The van der Waals surface area contributed by atoms with E-state index in [2.05, 4.69) is 15.3 Å². The molecule has 3 atom stereocenters. The van der Waals surface area contributed by atoms with Gasteiger partial charge in [0.15, 0.2) is 5.54 Å². The number of azide groups is 1. The van der Waals surface area contributed by atoms with Crippen molar-refractivity contribution in [1.82, 2.24) is 10.2 Å². The van der Waals surface area contributed by atoms with Crippen molar-refractivity contribution < 1.29 is 33.2 Å². The number of likely N-dealkylation sites (tertiary alicyclic amines) is 1. The molecule has 0 radical (unpaired) electrons. The number of carbonyl (C=O) groups excluding carboxylic acids is 3. The Morgan fingerprint density at radius 3 is 2.36 bits per heavy atom. The highest BCUT2D eigenvalue weighted by molar-refractivity contribution is 6.45. The lowest BCUT2D eigenvalue weighted by Gasteiger charge is -2.43. The third kappa shape index (κ3) is 8.39. The van der Waals surface area contributed by atoms with E-state index in [0.717, 1.165) is 5.56 Å². The fraction of sp³-hybridized carbons (Fsp3) is 0.690. The van der Waals surface area contributed by atoms with Crippen molar-refractivity contribution >= 4 is 25.1 Å². The maximum atomic E-state index is 13.6. The largest absolute Gasteiger partial charge is 0.460 e. The molecule has 0 bridgehead atoms. The third-order valence-corrected chi connectivity index (χ3v) is 7.91. The standard InChI is InChI=1S/C29H44BN5O7/c1-20(32-25(38)40-26(2,3)4)23(36)35-17-22(14-15-30-41-27(5,6)28(7,8)42-30)16-29(19-35,33-34-31)24(37)39-18-21-12-10-9-11-13-21/h9-13,20,22H,14-19H2,1-8H3,(H,32,38)/t20-,22+,29?/m0/s1. The average molecular weight is 586 g/mol. The minimum Gasteiger partial charge on any atom is -0.460 e. The first-order valence-corrected chi connectivity index (χ1v) is 14.4. The van der Waals surface area contributed by atoms with E-state index in [1.807, 2.05) is 58.0 Å². The van der Waals surface area contributed by atoms with Crippen LogP contribution in [0.4, 0.5) is 4.79 Å². The number of rotatable bonds is 9. The number of nitrogens with one attached hydrogen (secondary N) is 1. The second-order valence-electron chi connectivity index (χ2n) is 13.2. The van der Waals surface area contributed by atoms with Crippen LogP contribution in [-0.4, -0.2) is 71.5 Å². The molecule has 1 unspecified atom stereocenters. The number of hydrogen-bond acceptors (Lipinski definition) is 8. The van der Waals surface area contributed by atoms with Crippen LogP contribution in [0.15, 0.2) is 35.4 Å². The second-order valence-corrected chi connectivity index (χ2v) is 13.2. The maximum Gasteiger partial charge on any atom is 0.457 e. The van der Waals surface area contributed by atoms with Gasteiger partial charge in [0.25, 0.3) is 0 Å². The van der Waals surface area contributed by atoms with Gasteiger partial charge in [-0.2, -0.15) is 0 Å². The summed E-state index contributed by atoms with van der Waals surface area (Å²) >= 11 is 0. The summed E-state index contributed by atoms with van der Waals surface area (Å²) in [6.45, 7) is 14.7. The average Bonchev–Trinajstić information content (AvgIpc) is 3.10. The first kappa shape index (κ1) is 33.2. The quantitative estimate of drug-likeness (QED) is 0.140. The molecule has 13 heteroatoms. The predicted molar refractivity (Wildman–Crippen MR) is 157 cm³/mol. The van der Waals surface area contributed by atoms with Crippen molar-refractivity contribution in [1.29, 1.82) is 0 Å². The van der Waals surface area contributed by atoms with Crippen LogP contribution in [0, 0.1) is 5.92 Å². The SMILES string of the molecule is C[C@H](NC(=O)OC(C)(C)C)C(=O)N1C[C@H](CCB2OC(C)(C)C(C)(C)O2)CC(N=[N+]=[N-])(C(=O)OCc2ccccc2)C1. The lowest BCUT2D eigenvalue weighted by molar-refractivity contribution is -0.156. The Bertz CT molecular complexity index is 1170. The molecule has 1 N–H and O–H groups in total. The highest BCUT2D eigenvalue weighted by atomic mass is 16.7. The van der Waals surface area contributed by atoms with Crippen LogP contribution in [0.1, 0.15) is 73.8 Å². The topological polar surface area (TPSA) is 152 Å². The molecular weight excluding hydrogens is 541 g/mol. The van der Waals surface area contributed by atoms with Gasteiger partial charge in [-0.15, -0.1) is 0 Å². The van der Waals surface area contributed by atoms with Crippen LogP contribution in [-0.2, 0) is 35.0 Å². The predicted octanol–water partition coefficient (Wildman–Crippen LogP) is 5.02. The van der Waals surface area contributed by atoms with Gasteiger partial charge in [0, 0.05) is 18.0 Å². The number of amides is 2. The van der Waals surface area contributed by atoms with E-state index in [9.17, 15) is 19.9 Å². The summed E-state index contributed by atoms with van der Waals surface area (Å²) in [5.74, 6) is -1.39. The zero-order chi connectivity index (χ0) is 31.3. The van der Waals surface area contributed by atoms with E-state index in [1.165, 1.54) is 4.90 Å². The van der Waals surface area contributed by atoms with Crippen molar-refractivity contribution in [3.05, 3.63) is 46.3 Å². The van der Waals surface area contributed by atoms with Gasteiger partial charge in [-0.05, 0) is 85.1 Å². The van der Waals surface area contributed by atoms with E-state index >= 15 is 0 Å². The lowest BCUT2D eigenvalue weighted by atomic mass is 9.74.